The molecular formula is C13H20BrN3O2. The summed E-state index contributed by atoms with van der Waals surface area (Å²) in [6.45, 7) is 6.99. The summed E-state index contributed by atoms with van der Waals surface area (Å²) in [4.78, 5) is 17.0. The number of halogens is 1. The highest BCUT2D eigenvalue weighted by Gasteiger charge is 2.23. The second-order valence-electron chi connectivity index (χ2n) is 4.75. The SMILES string of the molecule is CCCCCN(c1ncc(Br)cc1[N+](=O)[O-])C(C)C. The maximum absolute atomic E-state index is 11.1. The summed E-state index contributed by atoms with van der Waals surface area (Å²) < 4.78 is 0.625. The van der Waals surface area contributed by atoms with Crippen LogP contribution in [0.2, 0.25) is 0 Å². The number of nitro groups is 1. The standard InChI is InChI=1S/C13H20BrN3O2/c1-4-5-6-7-16(10(2)3)13-12(17(18)19)8-11(14)9-15-13/h8-10H,4-7H2,1-3H3. The number of unbranched alkanes of at least 4 members (excludes halogenated alkanes) is 2. The van der Waals surface area contributed by atoms with E-state index in [4.69, 9.17) is 0 Å². The molecule has 0 unspecified atom stereocenters. The van der Waals surface area contributed by atoms with Crippen molar-refractivity contribution in [2.45, 2.75) is 46.1 Å². The highest BCUT2D eigenvalue weighted by Crippen LogP contribution is 2.30. The Morgan fingerprint density at radius 3 is 2.68 bits per heavy atom. The van der Waals surface area contributed by atoms with Gasteiger partial charge in [-0.25, -0.2) is 4.98 Å². The monoisotopic (exact) mass is 329 g/mol. The molecule has 1 aromatic rings. The minimum Gasteiger partial charge on any atom is -0.348 e. The van der Waals surface area contributed by atoms with Crippen molar-refractivity contribution in [1.82, 2.24) is 4.98 Å². The van der Waals surface area contributed by atoms with Gasteiger partial charge in [0.15, 0.2) is 0 Å². The van der Waals surface area contributed by atoms with Crippen LogP contribution in [0.15, 0.2) is 16.7 Å². The van der Waals surface area contributed by atoms with Crippen LogP contribution in [0.3, 0.4) is 0 Å². The third-order valence-electron chi connectivity index (χ3n) is 2.91. The van der Waals surface area contributed by atoms with Crippen LogP contribution >= 0.6 is 15.9 Å². The topological polar surface area (TPSA) is 59.3 Å². The second-order valence-corrected chi connectivity index (χ2v) is 5.66. The lowest BCUT2D eigenvalue weighted by molar-refractivity contribution is -0.384. The fraction of sp³-hybridized carbons (Fsp3) is 0.615. The van der Waals surface area contributed by atoms with Gasteiger partial charge in [0.25, 0.3) is 0 Å². The molecule has 1 aromatic heterocycles. The Labute approximate surface area is 122 Å². The number of anilines is 1. The number of nitrogens with zero attached hydrogens (tertiary/aromatic N) is 3. The van der Waals surface area contributed by atoms with Crippen molar-refractivity contribution in [3.63, 3.8) is 0 Å². The van der Waals surface area contributed by atoms with Crippen molar-refractivity contribution in [2.75, 3.05) is 11.4 Å². The molecule has 19 heavy (non-hydrogen) atoms. The van der Waals surface area contributed by atoms with Crippen molar-refractivity contribution >= 4 is 27.4 Å². The molecule has 5 nitrogen and oxygen atoms in total. The number of rotatable bonds is 7. The Morgan fingerprint density at radius 2 is 2.16 bits per heavy atom. The molecule has 0 saturated heterocycles. The zero-order valence-electron chi connectivity index (χ0n) is 11.6. The molecule has 0 aliphatic heterocycles. The molecule has 0 aliphatic carbocycles. The van der Waals surface area contributed by atoms with Crippen molar-refractivity contribution in [3.8, 4) is 0 Å². The van der Waals surface area contributed by atoms with E-state index in [0.717, 1.165) is 25.8 Å². The van der Waals surface area contributed by atoms with E-state index in [9.17, 15) is 10.1 Å². The molecule has 1 rings (SSSR count). The summed E-state index contributed by atoms with van der Waals surface area (Å²) in [5, 5.41) is 11.1. The first-order valence-electron chi connectivity index (χ1n) is 6.54. The van der Waals surface area contributed by atoms with Crippen molar-refractivity contribution in [1.29, 1.82) is 0 Å². The maximum Gasteiger partial charge on any atom is 0.312 e. The Balaban J connectivity index is 3.04. The lowest BCUT2D eigenvalue weighted by Crippen LogP contribution is -2.33. The molecule has 0 saturated carbocycles. The van der Waals surface area contributed by atoms with Gasteiger partial charge in [-0.15, -0.1) is 0 Å². The minimum absolute atomic E-state index is 0.0552. The first kappa shape index (κ1) is 15.9. The maximum atomic E-state index is 11.1. The Kier molecular flexibility index (Phi) is 6.21. The average molecular weight is 330 g/mol. The molecule has 106 valence electrons. The van der Waals surface area contributed by atoms with Gasteiger partial charge in [-0.05, 0) is 36.2 Å². The summed E-state index contributed by atoms with van der Waals surface area (Å²) in [6, 6.07) is 1.70. The zero-order valence-corrected chi connectivity index (χ0v) is 13.2. The summed E-state index contributed by atoms with van der Waals surface area (Å²) in [5.74, 6) is 0.458. The molecule has 1 heterocycles. The van der Waals surface area contributed by atoms with E-state index in [1.54, 1.807) is 6.20 Å². The Morgan fingerprint density at radius 1 is 1.47 bits per heavy atom. The summed E-state index contributed by atoms with van der Waals surface area (Å²) in [7, 11) is 0. The Hall–Kier alpha value is -1.17. The zero-order chi connectivity index (χ0) is 14.4. The van der Waals surface area contributed by atoms with E-state index in [2.05, 4.69) is 27.8 Å². The van der Waals surface area contributed by atoms with Crippen LogP contribution in [-0.2, 0) is 0 Å². The molecule has 0 spiro atoms. The Bertz CT molecular complexity index is 438. The predicted octanol–water partition coefficient (Wildman–Crippen LogP) is 4.16. The van der Waals surface area contributed by atoms with E-state index in [-0.39, 0.29) is 16.7 Å². The van der Waals surface area contributed by atoms with Crippen LogP contribution in [0.5, 0.6) is 0 Å². The van der Waals surface area contributed by atoms with Crippen molar-refractivity contribution in [2.24, 2.45) is 0 Å². The van der Waals surface area contributed by atoms with E-state index in [1.807, 2.05) is 18.7 Å². The molecule has 0 bridgehead atoms. The highest BCUT2D eigenvalue weighted by atomic mass is 79.9. The average Bonchev–Trinajstić information content (AvgIpc) is 2.35. The van der Waals surface area contributed by atoms with Crippen LogP contribution in [0.25, 0.3) is 0 Å². The largest absolute Gasteiger partial charge is 0.348 e. The number of hydrogen-bond donors (Lipinski definition) is 0. The van der Waals surface area contributed by atoms with Gasteiger partial charge < -0.3 is 4.90 Å². The quantitative estimate of drug-likeness (QED) is 0.428. The van der Waals surface area contributed by atoms with Gasteiger partial charge in [0.1, 0.15) is 0 Å². The predicted molar refractivity (Wildman–Crippen MR) is 80.6 cm³/mol. The fourth-order valence-corrected chi connectivity index (χ4v) is 2.24. The normalized spacial score (nSPS) is 10.8. The van der Waals surface area contributed by atoms with Gasteiger partial charge in [0.05, 0.1) is 4.92 Å². The highest BCUT2D eigenvalue weighted by molar-refractivity contribution is 9.10. The third-order valence-corrected chi connectivity index (χ3v) is 3.34. The first-order chi connectivity index (χ1) is 8.97. The number of hydrogen-bond acceptors (Lipinski definition) is 4. The van der Waals surface area contributed by atoms with Crippen molar-refractivity contribution in [3.05, 3.63) is 26.9 Å². The summed E-state index contributed by atoms with van der Waals surface area (Å²) in [5.41, 5.74) is 0.0552. The van der Waals surface area contributed by atoms with E-state index in [0.29, 0.717) is 10.3 Å². The molecular weight excluding hydrogens is 310 g/mol. The molecule has 0 aromatic carbocycles. The van der Waals surface area contributed by atoms with E-state index in [1.165, 1.54) is 6.07 Å². The third kappa shape index (κ3) is 4.45. The molecule has 0 atom stereocenters. The van der Waals surface area contributed by atoms with Crippen LogP contribution in [0.1, 0.15) is 40.0 Å². The minimum atomic E-state index is -0.373. The van der Waals surface area contributed by atoms with Gasteiger partial charge in [-0.2, -0.15) is 0 Å². The summed E-state index contributed by atoms with van der Waals surface area (Å²) in [6.07, 6.45) is 4.87. The van der Waals surface area contributed by atoms with Gasteiger partial charge in [0, 0.05) is 29.3 Å². The van der Waals surface area contributed by atoms with Crippen LogP contribution in [-0.4, -0.2) is 22.5 Å². The second kappa shape index (κ2) is 7.43. The summed E-state index contributed by atoms with van der Waals surface area (Å²) >= 11 is 3.23. The number of aromatic nitrogens is 1. The van der Waals surface area contributed by atoms with E-state index >= 15 is 0 Å². The van der Waals surface area contributed by atoms with Crippen LogP contribution in [0, 0.1) is 10.1 Å². The molecule has 6 heteroatoms. The van der Waals surface area contributed by atoms with Crippen LogP contribution in [0.4, 0.5) is 11.5 Å². The smallest absolute Gasteiger partial charge is 0.312 e. The number of pyridine rings is 1. The van der Waals surface area contributed by atoms with Gasteiger partial charge in [0.2, 0.25) is 5.82 Å². The van der Waals surface area contributed by atoms with Crippen LogP contribution < -0.4 is 4.90 Å². The fourth-order valence-electron chi connectivity index (χ4n) is 1.92. The van der Waals surface area contributed by atoms with Gasteiger partial charge in [-0.3, -0.25) is 10.1 Å². The first-order valence-corrected chi connectivity index (χ1v) is 7.33. The van der Waals surface area contributed by atoms with Gasteiger partial charge in [-0.1, -0.05) is 19.8 Å². The molecule has 0 fully saturated rings. The van der Waals surface area contributed by atoms with Gasteiger partial charge >= 0.3 is 5.69 Å². The van der Waals surface area contributed by atoms with Crippen molar-refractivity contribution < 1.29 is 4.92 Å². The van der Waals surface area contributed by atoms with E-state index < -0.39 is 0 Å². The molecule has 0 radical (unpaired) electrons. The molecule has 0 amide bonds. The molecule has 0 aliphatic rings. The lowest BCUT2D eigenvalue weighted by atomic mass is 10.2. The lowest BCUT2D eigenvalue weighted by Gasteiger charge is -2.27. The molecule has 0 N–H and O–H groups in total.